The molecule has 2 nitrogen and oxygen atoms in total. The van der Waals surface area contributed by atoms with Crippen LogP contribution in [0.15, 0.2) is 24.3 Å². The average Bonchev–Trinajstić information content (AvgIpc) is 2.17. The van der Waals surface area contributed by atoms with Crippen molar-refractivity contribution in [2.24, 2.45) is 5.73 Å². The zero-order valence-electron chi connectivity index (χ0n) is 8.87. The van der Waals surface area contributed by atoms with E-state index in [0.29, 0.717) is 0 Å². The molecule has 0 aromatic heterocycles. The van der Waals surface area contributed by atoms with Gasteiger partial charge in [-0.3, -0.25) is 0 Å². The van der Waals surface area contributed by atoms with Crippen molar-refractivity contribution < 1.29 is 22.3 Å². The molecular formula is C10H12ClF4NO. The van der Waals surface area contributed by atoms with Crippen LogP contribution < -0.4 is 10.5 Å². The van der Waals surface area contributed by atoms with Crippen LogP contribution in [0.25, 0.3) is 0 Å². The number of ether oxygens (including phenoxy) is 1. The Morgan fingerprint density at radius 1 is 1.24 bits per heavy atom. The summed E-state index contributed by atoms with van der Waals surface area (Å²) in [4.78, 5) is 0. The van der Waals surface area contributed by atoms with Gasteiger partial charge in [-0.1, -0.05) is 18.2 Å². The SMILES string of the molecule is C[C@H](N)c1ccccc1OC(F)(F)C(F)F.Cl. The fourth-order valence-corrected chi connectivity index (χ4v) is 1.14. The molecule has 0 fully saturated rings. The number of halogens is 5. The van der Waals surface area contributed by atoms with Crippen LogP contribution in [0.1, 0.15) is 18.5 Å². The second-order valence-corrected chi connectivity index (χ2v) is 3.29. The van der Waals surface area contributed by atoms with Crippen LogP contribution in [0, 0.1) is 0 Å². The highest BCUT2D eigenvalue weighted by molar-refractivity contribution is 5.85. The van der Waals surface area contributed by atoms with E-state index in [1.807, 2.05) is 0 Å². The number of hydrogen-bond acceptors (Lipinski definition) is 2. The van der Waals surface area contributed by atoms with Gasteiger partial charge >= 0.3 is 12.5 Å². The highest BCUT2D eigenvalue weighted by Crippen LogP contribution is 2.31. The highest BCUT2D eigenvalue weighted by atomic mass is 35.5. The summed E-state index contributed by atoms with van der Waals surface area (Å²) < 4.78 is 53.2. The predicted molar refractivity (Wildman–Crippen MR) is 57.9 cm³/mol. The second-order valence-electron chi connectivity index (χ2n) is 3.29. The van der Waals surface area contributed by atoms with Gasteiger partial charge < -0.3 is 10.5 Å². The molecule has 98 valence electrons. The van der Waals surface area contributed by atoms with Gasteiger partial charge in [-0.2, -0.15) is 17.6 Å². The van der Waals surface area contributed by atoms with Crippen molar-refractivity contribution in [2.45, 2.75) is 25.5 Å². The molecule has 0 aliphatic carbocycles. The molecule has 1 rings (SSSR count). The number of rotatable bonds is 4. The fourth-order valence-electron chi connectivity index (χ4n) is 1.14. The lowest BCUT2D eigenvalue weighted by atomic mass is 10.1. The van der Waals surface area contributed by atoms with E-state index in [1.165, 1.54) is 18.2 Å². The van der Waals surface area contributed by atoms with Crippen LogP contribution in [0.2, 0.25) is 0 Å². The van der Waals surface area contributed by atoms with Gasteiger partial charge in [0, 0.05) is 11.6 Å². The maximum absolute atomic E-state index is 12.7. The molecule has 0 aliphatic heterocycles. The normalized spacial score (nSPS) is 13.1. The maximum Gasteiger partial charge on any atom is 0.461 e. The van der Waals surface area contributed by atoms with E-state index in [-0.39, 0.29) is 23.7 Å². The van der Waals surface area contributed by atoms with Gasteiger partial charge in [0.15, 0.2) is 0 Å². The van der Waals surface area contributed by atoms with Gasteiger partial charge in [0.2, 0.25) is 0 Å². The van der Waals surface area contributed by atoms with Crippen LogP contribution in [-0.4, -0.2) is 12.5 Å². The second kappa shape index (κ2) is 6.07. The third kappa shape index (κ3) is 4.05. The molecule has 0 bridgehead atoms. The van der Waals surface area contributed by atoms with Crippen LogP contribution in [0.4, 0.5) is 17.6 Å². The molecule has 1 atom stereocenters. The summed E-state index contributed by atoms with van der Waals surface area (Å²) in [6, 6.07) is 5.01. The average molecular weight is 274 g/mol. The van der Waals surface area contributed by atoms with Crippen LogP contribution in [-0.2, 0) is 0 Å². The maximum atomic E-state index is 12.7. The molecule has 2 N–H and O–H groups in total. The van der Waals surface area contributed by atoms with Gasteiger partial charge in [0.1, 0.15) is 5.75 Å². The van der Waals surface area contributed by atoms with Crippen molar-refractivity contribution in [1.82, 2.24) is 0 Å². The molecule has 0 unspecified atom stereocenters. The van der Waals surface area contributed by atoms with Crippen molar-refractivity contribution in [2.75, 3.05) is 0 Å². The number of nitrogens with two attached hydrogens (primary N) is 1. The number of alkyl halides is 4. The molecule has 0 saturated heterocycles. The van der Waals surface area contributed by atoms with E-state index < -0.39 is 18.6 Å². The fraction of sp³-hybridized carbons (Fsp3) is 0.400. The molecule has 1 aromatic rings. The Hall–Kier alpha value is -1.01. The smallest absolute Gasteiger partial charge is 0.428 e. The zero-order chi connectivity index (χ0) is 12.3. The summed E-state index contributed by atoms with van der Waals surface area (Å²) in [7, 11) is 0. The van der Waals surface area contributed by atoms with Gasteiger partial charge in [-0.15, -0.1) is 12.4 Å². The molecule has 0 spiro atoms. The Morgan fingerprint density at radius 3 is 2.24 bits per heavy atom. The quantitative estimate of drug-likeness (QED) is 0.854. The number of benzene rings is 1. The molecule has 17 heavy (non-hydrogen) atoms. The Labute approximate surface area is 102 Å². The summed E-state index contributed by atoms with van der Waals surface area (Å²) in [6.07, 6.45) is -8.39. The molecule has 1 aromatic carbocycles. The molecule has 0 aliphatic rings. The lowest BCUT2D eigenvalue weighted by Crippen LogP contribution is -2.34. The summed E-state index contributed by atoms with van der Waals surface area (Å²) in [6.45, 7) is 1.54. The predicted octanol–water partition coefficient (Wildman–Crippen LogP) is 3.36. The Morgan fingerprint density at radius 2 is 1.76 bits per heavy atom. The van der Waals surface area contributed by atoms with E-state index in [1.54, 1.807) is 13.0 Å². The molecule has 0 saturated carbocycles. The summed E-state index contributed by atoms with van der Waals surface area (Å²) in [5, 5.41) is 0. The van der Waals surface area contributed by atoms with Crippen molar-refractivity contribution in [1.29, 1.82) is 0 Å². The van der Waals surface area contributed by atoms with E-state index in [4.69, 9.17) is 5.73 Å². The van der Waals surface area contributed by atoms with Crippen molar-refractivity contribution in [3.63, 3.8) is 0 Å². The lowest BCUT2D eigenvalue weighted by molar-refractivity contribution is -0.253. The van der Waals surface area contributed by atoms with Gasteiger partial charge in [0.25, 0.3) is 0 Å². The third-order valence-corrected chi connectivity index (χ3v) is 1.91. The first-order chi connectivity index (χ1) is 7.34. The van der Waals surface area contributed by atoms with E-state index in [9.17, 15) is 17.6 Å². The zero-order valence-corrected chi connectivity index (χ0v) is 9.69. The Balaban J connectivity index is 0.00000256. The van der Waals surface area contributed by atoms with E-state index in [0.717, 1.165) is 0 Å². The number of para-hydroxylation sites is 1. The number of hydrogen-bond donors (Lipinski definition) is 1. The minimum absolute atomic E-state index is 0. The van der Waals surface area contributed by atoms with Crippen molar-refractivity contribution in [3.8, 4) is 5.75 Å². The molecule has 0 radical (unpaired) electrons. The molecular weight excluding hydrogens is 262 g/mol. The lowest BCUT2D eigenvalue weighted by Gasteiger charge is -2.20. The minimum atomic E-state index is -4.51. The molecule has 0 amide bonds. The van der Waals surface area contributed by atoms with Gasteiger partial charge in [-0.25, -0.2) is 0 Å². The van der Waals surface area contributed by atoms with E-state index >= 15 is 0 Å². The Kier molecular flexibility index (Phi) is 5.71. The Bertz CT molecular complexity index is 360. The first-order valence-corrected chi connectivity index (χ1v) is 4.54. The van der Waals surface area contributed by atoms with Crippen LogP contribution in [0.3, 0.4) is 0 Å². The third-order valence-electron chi connectivity index (χ3n) is 1.91. The highest BCUT2D eigenvalue weighted by Gasteiger charge is 2.44. The van der Waals surface area contributed by atoms with Crippen LogP contribution >= 0.6 is 12.4 Å². The largest absolute Gasteiger partial charge is 0.461 e. The molecule has 7 heteroatoms. The first kappa shape index (κ1) is 16.0. The topological polar surface area (TPSA) is 35.2 Å². The van der Waals surface area contributed by atoms with Gasteiger partial charge in [0.05, 0.1) is 0 Å². The van der Waals surface area contributed by atoms with Gasteiger partial charge in [-0.05, 0) is 13.0 Å². The minimum Gasteiger partial charge on any atom is -0.428 e. The van der Waals surface area contributed by atoms with Crippen molar-refractivity contribution >= 4 is 12.4 Å². The first-order valence-electron chi connectivity index (χ1n) is 4.54. The monoisotopic (exact) mass is 273 g/mol. The van der Waals surface area contributed by atoms with E-state index in [2.05, 4.69) is 4.74 Å². The molecule has 0 heterocycles. The summed E-state index contributed by atoms with van der Waals surface area (Å²) in [5.41, 5.74) is 5.75. The van der Waals surface area contributed by atoms with Crippen LogP contribution in [0.5, 0.6) is 5.75 Å². The summed E-state index contributed by atoms with van der Waals surface area (Å²) in [5.74, 6) is -0.331. The summed E-state index contributed by atoms with van der Waals surface area (Å²) >= 11 is 0. The standard InChI is InChI=1S/C10H11F4NO.ClH/c1-6(15)7-4-2-3-5-8(7)16-10(13,14)9(11)12;/h2-6,9H,15H2,1H3;1H/t6-;/m0./s1. The van der Waals surface area contributed by atoms with Crippen molar-refractivity contribution in [3.05, 3.63) is 29.8 Å².